The van der Waals surface area contributed by atoms with Crippen molar-refractivity contribution in [2.75, 3.05) is 26.2 Å². The number of nitrogens with zero attached hydrogens (tertiary/aromatic N) is 1. The first kappa shape index (κ1) is 20.7. The molecule has 2 aliphatic rings. The topological polar surface area (TPSA) is 29.5 Å². The van der Waals surface area contributed by atoms with E-state index < -0.39 is 4.75 Å². The lowest BCUT2D eigenvalue weighted by atomic mass is 9.93. The Morgan fingerprint density at radius 3 is 2.54 bits per heavy atom. The molecule has 2 aromatic carbocycles. The number of hydrogen-bond donors (Lipinski definition) is 0. The van der Waals surface area contributed by atoms with Gasteiger partial charge in [-0.05, 0) is 78.3 Å². The Hall–Kier alpha value is -0.530. The molecule has 0 aromatic heterocycles. The van der Waals surface area contributed by atoms with E-state index in [1.165, 1.54) is 19.3 Å². The van der Waals surface area contributed by atoms with Gasteiger partial charge in [0.05, 0.1) is 10.0 Å². The molecule has 148 valence electrons. The number of fused-ring (bicyclic) bond motifs is 1. The molecule has 0 radical (unpaired) electrons. The maximum absolute atomic E-state index is 13.8. The van der Waals surface area contributed by atoms with Crippen molar-refractivity contribution >= 4 is 61.0 Å². The summed E-state index contributed by atoms with van der Waals surface area (Å²) in [5.74, 6) is 0.764. The van der Waals surface area contributed by atoms with Crippen LogP contribution in [0.25, 0.3) is 0 Å². The van der Waals surface area contributed by atoms with Crippen LogP contribution in [-0.4, -0.2) is 41.7 Å². The van der Waals surface area contributed by atoms with Gasteiger partial charge in [-0.2, -0.15) is 0 Å². The van der Waals surface area contributed by atoms with Crippen LogP contribution < -0.4 is 4.74 Å². The van der Waals surface area contributed by atoms with Crippen molar-refractivity contribution in [3.05, 3.63) is 55.9 Å². The molecule has 28 heavy (non-hydrogen) atoms. The molecule has 0 spiro atoms. The molecule has 0 N–H and O–H groups in total. The number of carbonyl (C=O) groups is 1. The number of rotatable bonds is 4. The van der Waals surface area contributed by atoms with E-state index in [0.29, 0.717) is 29.5 Å². The number of thioether (sulfide) groups is 1. The van der Waals surface area contributed by atoms with E-state index in [1.54, 1.807) is 11.8 Å². The molecule has 4 rings (SSSR count). The summed E-state index contributed by atoms with van der Waals surface area (Å²) in [6.07, 6.45) is 3.63. The summed E-state index contributed by atoms with van der Waals surface area (Å²) in [6.45, 7) is 3.10. The summed E-state index contributed by atoms with van der Waals surface area (Å²) < 4.78 is 7.15. The maximum Gasteiger partial charge on any atom is 0.187 e. The molecule has 3 nitrogen and oxygen atoms in total. The third kappa shape index (κ3) is 4.31. The normalized spacial score (nSPS) is 22.6. The first-order valence-electron chi connectivity index (χ1n) is 9.30. The highest BCUT2D eigenvalue weighted by molar-refractivity contribution is 9.11. The van der Waals surface area contributed by atoms with Crippen molar-refractivity contribution in [1.29, 1.82) is 0 Å². The van der Waals surface area contributed by atoms with Crippen LogP contribution in [0.4, 0.5) is 0 Å². The van der Waals surface area contributed by atoms with Gasteiger partial charge in [-0.1, -0.05) is 34.0 Å². The summed E-state index contributed by atoms with van der Waals surface area (Å²) in [7, 11) is 0. The molecule has 2 aromatic rings. The number of halogens is 3. The second-order valence-corrected chi connectivity index (χ2v) is 10.9. The molecule has 1 fully saturated rings. The van der Waals surface area contributed by atoms with Crippen LogP contribution >= 0.6 is 55.2 Å². The molecule has 2 aliphatic heterocycles. The summed E-state index contributed by atoms with van der Waals surface area (Å²) in [6, 6.07) is 11.5. The largest absolute Gasteiger partial charge is 0.490 e. The third-order valence-corrected chi connectivity index (χ3v) is 7.80. The highest BCUT2D eigenvalue weighted by Gasteiger charge is 2.47. The van der Waals surface area contributed by atoms with Crippen LogP contribution in [0.15, 0.2) is 50.2 Å². The monoisotopic (exact) mass is 543 g/mol. The number of benzene rings is 2. The highest BCUT2D eigenvalue weighted by Crippen LogP contribution is 2.45. The molecule has 0 saturated carbocycles. The van der Waals surface area contributed by atoms with E-state index in [4.69, 9.17) is 16.3 Å². The lowest BCUT2D eigenvalue weighted by Crippen LogP contribution is -2.53. The number of carbonyl (C=O) groups excluding carboxylic acids is 1. The van der Waals surface area contributed by atoms with E-state index in [-0.39, 0.29) is 5.78 Å². The second-order valence-electron chi connectivity index (χ2n) is 7.27. The zero-order valence-corrected chi connectivity index (χ0v) is 20.0. The molecular weight excluding hydrogens is 526 g/mol. The molecule has 7 heteroatoms. The lowest BCUT2D eigenvalue weighted by molar-refractivity contribution is 0.0806. The average Bonchev–Trinajstić information content (AvgIpc) is 2.68. The lowest BCUT2D eigenvalue weighted by Gasteiger charge is -2.40. The van der Waals surface area contributed by atoms with Gasteiger partial charge in [0, 0.05) is 20.9 Å². The predicted octanol–water partition coefficient (Wildman–Crippen LogP) is 6.46. The van der Waals surface area contributed by atoms with Crippen LogP contribution in [0.5, 0.6) is 5.75 Å². The fourth-order valence-corrected chi connectivity index (χ4v) is 6.56. The molecule has 0 aliphatic carbocycles. The van der Waals surface area contributed by atoms with Crippen molar-refractivity contribution in [1.82, 2.24) is 4.90 Å². The molecule has 0 amide bonds. The minimum atomic E-state index is -0.682. The Morgan fingerprint density at radius 1 is 1.11 bits per heavy atom. The Labute approximate surface area is 191 Å². The fraction of sp³-hybridized carbons (Fsp3) is 0.381. The Morgan fingerprint density at radius 2 is 1.82 bits per heavy atom. The SMILES string of the molecule is O=C1c2cc(Br)cc(Br)c2OCC1(CN1CCCCC1)Sc1ccc(Cl)cc1. The van der Waals surface area contributed by atoms with E-state index in [2.05, 4.69) is 36.8 Å². The van der Waals surface area contributed by atoms with E-state index in [9.17, 15) is 4.79 Å². The number of hydrogen-bond acceptors (Lipinski definition) is 4. The van der Waals surface area contributed by atoms with Gasteiger partial charge in [0.2, 0.25) is 0 Å². The summed E-state index contributed by atoms with van der Waals surface area (Å²) in [5.41, 5.74) is 0.631. The minimum absolute atomic E-state index is 0.126. The van der Waals surface area contributed by atoms with Crippen LogP contribution in [-0.2, 0) is 0 Å². The molecule has 0 bridgehead atoms. The number of ketones is 1. The van der Waals surface area contributed by atoms with Gasteiger partial charge in [0.25, 0.3) is 0 Å². The van der Waals surface area contributed by atoms with Gasteiger partial charge in [0.15, 0.2) is 5.78 Å². The predicted molar refractivity (Wildman–Crippen MR) is 122 cm³/mol. The van der Waals surface area contributed by atoms with Gasteiger partial charge in [-0.15, -0.1) is 11.8 Å². The van der Waals surface area contributed by atoms with Crippen LogP contribution in [0.1, 0.15) is 29.6 Å². The van der Waals surface area contributed by atoms with Crippen molar-refractivity contribution in [2.45, 2.75) is 28.9 Å². The maximum atomic E-state index is 13.8. The number of likely N-dealkylation sites (tertiary alicyclic amines) is 1. The van der Waals surface area contributed by atoms with Gasteiger partial charge < -0.3 is 9.64 Å². The first-order chi connectivity index (χ1) is 13.5. The Bertz CT molecular complexity index is 887. The van der Waals surface area contributed by atoms with Gasteiger partial charge in [-0.3, -0.25) is 4.79 Å². The molecule has 1 atom stereocenters. The van der Waals surface area contributed by atoms with E-state index in [0.717, 1.165) is 26.9 Å². The second kappa shape index (κ2) is 8.68. The smallest absolute Gasteiger partial charge is 0.187 e. The van der Waals surface area contributed by atoms with Crippen molar-refractivity contribution in [3.8, 4) is 5.75 Å². The minimum Gasteiger partial charge on any atom is -0.490 e. The molecule has 1 unspecified atom stereocenters. The number of ether oxygens (including phenoxy) is 1. The van der Waals surface area contributed by atoms with Gasteiger partial charge in [-0.25, -0.2) is 0 Å². The summed E-state index contributed by atoms with van der Waals surface area (Å²) in [4.78, 5) is 17.2. The molecular formula is C21H20Br2ClNO2S. The van der Waals surface area contributed by atoms with E-state index >= 15 is 0 Å². The van der Waals surface area contributed by atoms with Gasteiger partial charge >= 0.3 is 0 Å². The van der Waals surface area contributed by atoms with E-state index in [1.807, 2.05) is 36.4 Å². The summed E-state index contributed by atoms with van der Waals surface area (Å²) >= 11 is 14.7. The van der Waals surface area contributed by atoms with Crippen LogP contribution in [0.3, 0.4) is 0 Å². The van der Waals surface area contributed by atoms with Crippen molar-refractivity contribution in [2.24, 2.45) is 0 Å². The van der Waals surface area contributed by atoms with Crippen molar-refractivity contribution in [3.63, 3.8) is 0 Å². The highest BCUT2D eigenvalue weighted by atomic mass is 79.9. The first-order valence-corrected chi connectivity index (χ1v) is 12.1. The zero-order chi connectivity index (χ0) is 19.7. The molecule has 2 heterocycles. The summed E-state index contributed by atoms with van der Waals surface area (Å²) in [5, 5.41) is 0.693. The number of piperidine rings is 1. The Kier molecular flexibility index (Phi) is 6.43. The Balaban J connectivity index is 1.71. The average molecular weight is 546 g/mol. The fourth-order valence-electron chi connectivity index (χ4n) is 3.81. The quantitative estimate of drug-likeness (QED) is 0.441. The van der Waals surface area contributed by atoms with Crippen molar-refractivity contribution < 1.29 is 9.53 Å². The van der Waals surface area contributed by atoms with Crippen LogP contribution in [0, 0.1) is 0 Å². The number of Topliss-reactive ketones (excluding diaryl/α,β-unsaturated/α-hetero) is 1. The standard InChI is InChI=1S/C21H20Br2ClNO2S/c22-14-10-17-19(18(23)11-14)27-13-21(20(17)26,12-25-8-2-1-3-9-25)28-16-6-4-15(24)5-7-16/h4-7,10-11H,1-3,8-9,12-13H2. The van der Waals surface area contributed by atoms with Crippen LogP contribution in [0.2, 0.25) is 5.02 Å². The third-order valence-electron chi connectivity index (χ3n) is 5.17. The zero-order valence-electron chi connectivity index (χ0n) is 15.2. The molecule has 1 saturated heterocycles. The van der Waals surface area contributed by atoms with Gasteiger partial charge in [0.1, 0.15) is 17.1 Å².